The van der Waals surface area contributed by atoms with E-state index >= 15 is 0 Å². The number of hydrogen-bond donors (Lipinski definition) is 1. The van der Waals surface area contributed by atoms with Crippen molar-refractivity contribution in [3.8, 4) is 23.1 Å². The number of rotatable bonds is 6. The molecule has 1 N–H and O–H groups in total. The molecule has 0 radical (unpaired) electrons. The van der Waals surface area contributed by atoms with Crippen molar-refractivity contribution in [2.24, 2.45) is 0 Å². The zero-order valence-corrected chi connectivity index (χ0v) is 17.9. The molecule has 1 heterocycles. The zero-order valence-electron chi connectivity index (χ0n) is 17.1. The molecule has 0 atom stereocenters. The number of nitrogens with one attached hydrogen (secondary N) is 1. The predicted molar refractivity (Wildman–Crippen MR) is 122 cm³/mol. The van der Waals surface area contributed by atoms with Gasteiger partial charge < -0.3 is 4.74 Å². The predicted octanol–water partition coefficient (Wildman–Crippen LogP) is 5.67. The van der Waals surface area contributed by atoms with E-state index in [-0.39, 0.29) is 11.7 Å². The number of carbonyl (C=O) groups is 1. The van der Waals surface area contributed by atoms with Crippen LogP contribution in [0.5, 0.6) is 5.75 Å². The van der Waals surface area contributed by atoms with Crippen LogP contribution in [0.1, 0.15) is 26.4 Å². The van der Waals surface area contributed by atoms with E-state index in [4.69, 9.17) is 10.00 Å². The third kappa shape index (κ3) is 4.82. The van der Waals surface area contributed by atoms with Crippen LogP contribution in [0.25, 0.3) is 11.3 Å². The number of thiazole rings is 1. The second-order valence-electron chi connectivity index (χ2n) is 6.97. The van der Waals surface area contributed by atoms with Gasteiger partial charge in [-0.05, 0) is 66.2 Å². The van der Waals surface area contributed by atoms with Gasteiger partial charge in [-0.1, -0.05) is 12.1 Å². The Balaban J connectivity index is 1.64. The smallest absolute Gasteiger partial charge is 0.257 e. The molecule has 7 heteroatoms. The summed E-state index contributed by atoms with van der Waals surface area (Å²) in [5, 5.41) is 12.2. The maximum absolute atomic E-state index is 13.3. The molecule has 0 aliphatic rings. The maximum atomic E-state index is 13.3. The number of carbonyl (C=O) groups excluding carboxylic acids is 1. The van der Waals surface area contributed by atoms with Crippen molar-refractivity contribution in [2.75, 3.05) is 12.4 Å². The molecule has 5 nitrogen and oxygen atoms in total. The van der Waals surface area contributed by atoms with Gasteiger partial charge in [0.05, 0.1) is 24.4 Å². The van der Waals surface area contributed by atoms with Crippen molar-refractivity contribution in [1.82, 2.24) is 4.98 Å². The number of hydrogen-bond acceptors (Lipinski definition) is 5. The van der Waals surface area contributed by atoms with Crippen molar-refractivity contribution < 1.29 is 13.9 Å². The van der Waals surface area contributed by atoms with Crippen LogP contribution in [0, 0.1) is 17.1 Å². The average Bonchev–Trinajstić information content (AvgIpc) is 3.22. The molecular weight excluding hydrogens is 425 g/mol. The van der Waals surface area contributed by atoms with Gasteiger partial charge in [-0.3, -0.25) is 10.1 Å². The molecule has 0 aliphatic carbocycles. The van der Waals surface area contributed by atoms with Crippen LogP contribution in [0.4, 0.5) is 9.52 Å². The minimum atomic E-state index is -0.308. The molecule has 0 aliphatic heterocycles. The molecule has 4 aromatic rings. The lowest BCUT2D eigenvalue weighted by atomic mass is 10.1. The fourth-order valence-corrected chi connectivity index (χ4v) is 4.17. The fraction of sp³-hybridized carbons (Fsp3) is 0.0800. The minimum Gasteiger partial charge on any atom is -0.497 e. The molecule has 0 bridgehead atoms. The first-order valence-electron chi connectivity index (χ1n) is 9.76. The summed E-state index contributed by atoms with van der Waals surface area (Å²) >= 11 is 1.37. The summed E-state index contributed by atoms with van der Waals surface area (Å²) in [6.45, 7) is 0. The van der Waals surface area contributed by atoms with E-state index in [1.807, 2.05) is 30.3 Å². The van der Waals surface area contributed by atoms with Gasteiger partial charge in [0.25, 0.3) is 5.91 Å². The fourth-order valence-electron chi connectivity index (χ4n) is 3.15. The highest BCUT2D eigenvalue weighted by Gasteiger charge is 2.16. The van der Waals surface area contributed by atoms with Crippen molar-refractivity contribution in [3.05, 3.63) is 100 Å². The summed E-state index contributed by atoms with van der Waals surface area (Å²) < 4.78 is 18.5. The van der Waals surface area contributed by atoms with Gasteiger partial charge in [-0.25, -0.2) is 9.37 Å². The van der Waals surface area contributed by atoms with Gasteiger partial charge in [-0.15, -0.1) is 11.3 Å². The van der Waals surface area contributed by atoms with Gasteiger partial charge >= 0.3 is 0 Å². The van der Waals surface area contributed by atoms with E-state index in [9.17, 15) is 9.18 Å². The molecule has 0 spiro atoms. The lowest BCUT2D eigenvalue weighted by molar-refractivity contribution is 0.102. The van der Waals surface area contributed by atoms with Gasteiger partial charge in [-0.2, -0.15) is 5.26 Å². The molecule has 32 heavy (non-hydrogen) atoms. The number of amides is 1. The summed E-state index contributed by atoms with van der Waals surface area (Å²) in [6, 6.07) is 22.3. The number of aromatic nitrogens is 1. The Morgan fingerprint density at radius 1 is 1.06 bits per heavy atom. The van der Waals surface area contributed by atoms with Gasteiger partial charge in [0.1, 0.15) is 11.6 Å². The molecule has 1 amide bonds. The van der Waals surface area contributed by atoms with Crippen LogP contribution < -0.4 is 10.1 Å². The van der Waals surface area contributed by atoms with E-state index in [1.165, 1.54) is 23.5 Å². The van der Waals surface area contributed by atoms with E-state index in [2.05, 4.69) is 10.3 Å². The SMILES string of the molecule is COc1ccc(-c2nc(NC(=O)c3ccc(C#N)cc3)sc2Cc2ccc(F)cc2)cc1. The Labute approximate surface area is 188 Å². The maximum Gasteiger partial charge on any atom is 0.257 e. The molecule has 1 aromatic heterocycles. The third-order valence-corrected chi connectivity index (χ3v) is 5.81. The number of nitriles is 1. The largest absolute Gasteiger partial charge is 0.497 e. The monoisotopic (exact) mass is 443 g/mol. The Morgan fingerprint density at radius 3 is 2.38 bits per heavy atom. The van der Waals surface area contributed by atoms with E-state index < -0.39 is 0 Å². The number of halogens is 1. The van der Waals surface area contributed by atoms with E-state index in [0.717, 1.165) is 27.4 Å². The first-order chi connectivity index (χ1) is 15.6. The highest BCUT2D eigenvalue weighted by atomic mass is 32.1. The number of methoxy groups -OCH3 is 1. The number of benzene rings is 3. The zero-order chi connectivity index (χ0) is 22.5. The van der Waals surface area contributed by atoms with Crippen LogP contribution in [-0.4, -0.2) is 18.0 Å². The number of nitrogens with zero attached hydrogens (tertiary/aromatic N) is 2. The van der Waals surface area contributed by atoms with E-state index in [1.54, 1.807) is 43.5 Å². The lowest BCUT2D eigenvalue weighted by Crippen LogP contribution is -2.11. The quantitative estimate of drug-likeness (QED) is 0.416. The highest BCUT2D eigenvalue weighted by Crippen LogP contribution is 2.34. The van der Waals surface area contributed by atoms with Crippen LogP contribution in [0.15, 0.2) is 72.8 Å². The first kappa shape index (κ1) is 21.2. The van der Waals surface area contributed by atoms with Crippen molar-refractivity contribution >= 4 is 22.4 Å². The van der Waals surface area contributed by atoms with Gasteiger partial charge in [0.2, 0.25) is 0 Å². The molecule has 4 rings (SSSR count). The van der Waals surface area contributed by atoms with Gasteiger partial charge in [0.15, 0.2) is 5.13 Å². The Morgan fingerprint density at radius 2 is 1.75 bits per heavy atom. The average molecular weight is 444 g/mol. The second kappa shape index (κ2) is 9.41. The van der Waals surface area contributed by atoms with Gasteiger partial charge in [0, 0.05) is 22.4 Å². The van der Waals surface area contributed by atoms with Crippen LogP contribution in [-0.2, 0) is 6.42 Å². The summed E-state index contributed by atoms with van der Waals surface area (Å²) in [5.41, 5.74) is 3.49. The van der Waals surface area contributed by atoms with Crippen LogP contribution in [0.3, 0.4) is 0 Å². The van der Waals surface area contributed by atoms with Crippen LogP contribution in [0.2, 0.25) is 0 Å². The van der Waals surface area contributed by atoms with E-state index in [0.29, 0.717) is 22.7 Å². The number of anilines is 1. The lowest BCUT2D eigenvalue weighted by Gasteiger charge is -2.04. The van der Waals surface area contributed by atoms with Crippen molar-refractivity contribution in [1.29, 1.82) is 5.26 Å². The van der Waals surface area contributed by atoms with Crippen molar-refractivity contribution in [3.63, 3.8) is 0 Å². The Hall–Kier alpha value is -4.02. The molecule has 158 valence electrons. The second-order valence-corrected chi connectivity index (χ2v) is 8.05. The summed E-state index contributed by atoms with van der Waals surface area (Å²) in [5.74, 6) is 0.139. The van der Waals surface area contributed by atoms with Crippen molar-refractivity contribution in [2.45, 2.75) is 6.42 Å². The third-order valence-electron chi connectivity index (χ3n) is 4.84. The standard InChI is InChI=1S/C25H18FN3O2S/c1-31-21-12-8-18(9-13-21)23-22(14-16-4-10-20(26)11-5-16)32-25(28-23)29-24(30)19-6-2-17(15-27)3-7-19/h2-13H,14H2,1H3,(H,28,29,30). The minimum absolute atomic E-state index is 0.288. The molecular formula is C25H18FN3O2S. The van der Waals surface area contributed by atoms with Crippen LogP contribution >= 0.6 is 11.3 Å². The molecule has 0 saturated heterocycles. The normalized spacial score (nSPS) is 10.4. The highest BCUT2D eigenvalue weighted by molar-refractivity contribution is 7.16. The topological polar surface area (TPSA) is 75.0 Å². The molecule has 0 saturated carbocycles. The Bertz CT molecular complexity index is 1280. The number of ether oxygens (including phenoxy) is 1. The summed E-state index contributed by atoms with van der Waals surface area (Å²) in [6.07, 6.45) is 0.548. The molecule has 0 unspecified atom stereocenters. The molecule has 0 fully saturated rings. The Kier molecular flexibility index (Phi) is 6.24. The first-order valence-corrected chi connectivity index (χ1v) is 10.6. The summed E-state index contributed by atoms with van der Waals surface area (Å²) in [4.78, 5) is 18.3. The summed E-state index contributed by atoms with van der Waals surface area (Å²) in [7, 11) is 1.61. The molecule has 3 aromatic carbocycles.